The average Bonchev–Trinajstić information content (AvgIpc) is 1.84. The number of aliphatic hydroxyl groups excluding tert-OH is 2. The van der Waals surface area contributed by atoms with Crippen LogP contribution in [0.1, 0.15) is 0 Å². The summed E-state index contributed by atoms with van der Waals surface area (Å²) in [6, 6.07) is 0. The van der Waals surface area contributed by atoms with Gasteiger partial charge in [-0.2, -0.15) is 0 Å². The SMILES string of the molecule is N.O=C(O)[C@H](O)[C@@H](O)C(=O)O. The molecule has 0 aliphatic carbocycles. The number of carbonyl (C=O) groups is 2. The third-order valence-electron chi connectivity index (χ3n) is 0.805. The van der Waals surface area contributed by atoms with Gasteiger partial charge < -0.3 is 26.6 Å². The monoisotopic (exact) mass is 167 g/mol. The van der Waals surface area contributed by atoms with Crippen LogP contribution in [0.5, 0.6) is 0 Å². The van der Waals surface area contributed by atoms with Gasteiger partial charge in [-0.25, -0.2) is 9.59 Å². The minimum absolute atomic E-state index is 0. The molecule has 0 unspecified atom stereocenters. The van der Waals surface area contributed by atoms with E-state index in [1.807, 2.05) is 0 Å². The first-order valence-corrected chi connectivity index (χ1v) is 2.28. The highest BCUT2D eigenvalue weighted by molar-refractivity contribution is 5.82. The summed E-state index contributed by atoms with van der Waals surface area (Å²) >= 11 is 0. The van der Waals surface area contributed by atoms with Gasteiger partial charge in [-0.05, 0) is 0 Å². The Hall–Kier alpha value is -1.18. The first kappa shape index (κ1) is 12.5. The Balaban J connectivity index is 0. The standard InChI is InChI=1S/C4H6O6.H3N/c5-1(3(7)8)2(6)4(9)10;/h1-2,5-6H,(H,7,8)(H,9,10);1H3/t1-,2-;/m1./s1. The third kappa shape index (κ3) is 3.50. The van der Waals surface area contributed by atoms with Crippen molar-refractivity contribution in [1.82, 2.24) is 6.15 Å². The van der Waals surface area contributed by atoms with Crippen molar-refractivity contribution in [2.24, 2.45) is 0 Å². The van der Waals surface area contributed by atoms with E-state index in [0.717, 1.165) is 0 Å². The summed E-state index contributed by atoms with van der Waals surface area (Å²) in [5.74, 6) is -3.54. The summed E-state index contributed by atoms with van der Waals surface area (Å²) in [6.07, 6.45) is -4.53. The van der Waals surface area contributed by atoms with Crippen LogP contribution in [-0.4, -0.2) is 44.6 Å². The van der Waals surface area contributed by atoms with Crippen LogP contribution in [0, 0.1) is 0 Å². The van der Waals surface area contributed by atoms with Gasteiger partial charge >= 0.3 is 11.9 Å². The van der Waals surface area contributed by atoms with Crippen LogP contribution in [0.3, 0.4) is 0 Å². The Morgan fingerprint density at radius 1 is 0.909 bits per heavy atom. The number of hydrogen-bond acceptors (Lipinski definition) is 5. The van der Waals surface area contributed by atoms with Gasteiger partial charge in [0.05, 0.1) is 0 Å². The summed E-state index contributed by atoms with van der Waals surface area (Å²) in [7, 11) is 0. The van der Waals surface area contributed by atoms with E-state index in [2.05, 4.69) is 0 Å². The maximum absolute atomic E-state index is 9.77. The highest BCUT2D eigenvalue weighted by atomic mass is 16.4. The van der Waals surface area contributed by atoms with Crippen molar-refractivity contribution in [3.63, 3.8) is 0 Å². The van der Waals surface area contributed by atoms with Crippen LogP contribution in [0.15, 0.2) is 0 Å². The molecule has 0 saturated heterocycles. The van der Waals surface area contributed by atoms with Crippen molar-refractivity contribution < 1.29 is 30.0 Å². The summed E-state index contributed by atoms with van der Waals surface area (Å²) in [4.78, 5) is 19.5. The lowest BCUT2D eigenvalue weighted by molar-refractivity contribution is -0.165. The molecular weight excluding hydrogens is 158 g/mol. The van der Waals surface area contributed by atoms with E-state index in [4.69, 9.17) is 20.4 Å². The second-order valence-electron chi connectivity index (χ2n) is 1.57. The van der Waals surface area contributed by atoms with E-state index < -0.39 is 24.1 Å². The lowest BCUT2D eigenvalue weighted by atomic mass is 10.2. The lowest BCUT2D eigenvalue weighted by Gasteiger charge is -2.07. The molecule has 0 amide bonds. The molecule has 0 aliphatic rings. The van der Waals surface area contributed by atoms with Gasteiger partial charge in [0.2, 0.25) is 0 Å². The molecule has 7 N–H and O–H groups in total. The van der Waals surface area contributed by atoms with E-state index >= 15 is 0 Å². The van der Waals surface area contributed by atoms with Crippen molar-refractivity contribution in [1.29, 1.82) is 0 Å². The second-order valence-corrected chi connectivity index (χ2v) is 1.57. The fourth-order valence-corrected chi connectivity index (χ4v) is 0.270. The topological polar surface area (TPSA) is 150 Å². The van der Waals surface area contributed by atoms with Crippen molar-refractivity contribution in [2.75, 3.05) is 0 Å². The highest BCUT2D eigenvalue weighted by Gasteiger charge is 2.29. The lowest BCUT2D eigenvalue weighted by Crippen LogP contribution is -2.39. The van der Waals surface area contributed by atoms with Crippen LogP contribution < -0.4 is 6.15 Å². The molecule has 7 nitrogen and oxygen atoms in total. The summed E-state index contributed by atoms with van der Waals surface area (Å²) in [5, 5.41) is 32.5. The minimum atomic E-state index is -2.27. The number of carboxylic acids is 2. The van der Waals surface area contributed by atoms with Gasteiger partial charge in [0.25, 0.3) is 0 Å². The summed E-state index contributed by atoms with van der Waals surface area (Å²) in [6.45, 7) is 0. The first-order chi connectivity index (χ1) is 4.46. The van der Waals surface area contributed by atoms with Gasteiger partial charge in [0.15, 0.2) is 12.2 Å². The Labute approximate surface area is 61.5 Å². The van der Waals surface area contributed by atoms with E-state index in [0.29, 0.717) is 0 Å². The van der Waals surface area contributed by atoms with Crippen LogP contribution in [-0.2, 0) is 9.59 Å². The molecule has 7 heteroatoms. The van der Waals surface area contributed by atoms with Crippen molar-refractivity contribution in [3.8, 4) is 0 Å². The smallest absolute Gasteiger partial charge is 0.335 e. The van der Waals surface area contributed by atoms with Crippen LogP contribution in [0.25, 0.3) is 0 Å². The molecule has 0 saturated carbocycles. The zero-order valence-electron chi connectivity index (χ0n) is 5.47. The second kappa shape index (κ2) is 4.61. The molecule has 0 aromatic heterocycles. The predicted molar refractivity (Wildman–Crippen MR) is 32.3 cm³/mol. The van der Waals surface area contributed by atoms with Gasteiger partial charge in [-0.15, -0.1) is 0 Å². The molecule has 0 heterocycles. The molecule has 66 valence electrons. The van der Waals surface area contributed by atoms with Crippen molar-refractivity contribution in [3.05, 3.63) is 0 Å². The molecule has 11 heavy (non-hydrogen) atoms. The summed E-state index contributed by atoms with van der Waals surface area (Å²) < 4.78 is 0. The van der Waals surface area contributed by atoms with Gasteiger partial charge in [0, 0.05) is 0 Å². The quantitative estimate of drug-likeness (QED) is 0.327. The third-order valence-corrected chi connectivity index (χ3v) is 0.805. The fourth-order valence-electron chi connectivity index (χ4n) is 0.270. The van der Waals surface area contributed by atoms with E-state index in [1.54, 1.807) is 0 Å². The molecule has 0 bridgehead atoms. The Morgan fingerprint density at radius 3 is 1.18 bits per heavy atom. The number of hydrogen-bond donors (Lipinski definition) is 5. The predicted octanol–water partition coefficient (Wildman–Crippen LogP) is -1.96. The van der Waals surface area contributed by atoms with Crippen LogP contribution >= 0.6 is 0 Å². The summed E-state index contributed by atoms with van der Waals surface area (Å²) in [5.41, 5.74) is 0. The van der Waals surface area contributed by atoms with Crippen molar-refractivity contribution >= 4 is 11.9 Å². The fraction of sp³-hybridized carbons (Fsp3) is 0.500. The molecule has 0 aromatic rings. The largest absolute Gasteiger partial charge is 0.479 e. The molecular formula is C4H9NO6. The Bertz CT molecular complexity index is 139. The number of aliphatic carboxylic acids is 2. The molecule has 0 spiro atoms. The average molecular weight is 167 g/mol. The maximum atomic E-state index is 9.77. The first-order valence-electron chi connectivity index (χ1n) is 2.28. The van der Waals surface area contributed by atoms with Crippen LogP contribution in [0.2, 0.25) is 0 Å². The molecule has 2 atom stereocenters. The molecule has 0 aromatic carbocycles. The zero-order chi connectivity index (χ0) is 8.31. The van der Waals surface area contributed by atoms with Gasteiger partial charge in [-0.3, -0.25) is 0 Å². The highest BCUT2D eigenvalue weighted by Crippen LogP contribution is 1.92. The van der Waals surface area contributed by atoms with Crippen molar-refractivity contribution in [2.45, 2.75) is 12.2 Å². The molecule has 0 fully saturated rings. The Kier molecular flexibility index (Phi) is 5.23. The maximum Gasteiger partial charge on any atom is 0.335 e. The normalized spacial score (nSPS) is 14.4. The van der Waals surface area contributed by atoms with E-state index in [9.17, 15) is 9.59 Å². The van der Waals surface area contributed by atoms with Gasteiger partial charge in [0.1, 0.15) is 0 Å². The van der Waals surface area contributed by atoms with Gasteiger partial charge in [-0.1, -0.05) is 0 Å². The number of aliphatic hydroxyl groups is 2. The number of rotatable bonds is 3. The molecule has 0 rings (SSSR count). The minimum Gasteiger partial charge on any atom is -0.479 e. The molecule has 0 aliphatic heterocycles. The van der Waals surface area contributed by atoms with Crippen LogP contribution in [0.4, 0.5) is 0 Å². The molecule has 0 radical (unpaired) electrons. The number of carboxylic acid groups (broad SMARTS) is 2. The van der Waals surface area contributed by atoms with E-state index in [1.165, 1.54) is 0 Å². The Morgan fingerprint density at radius 2 is 1.09 bits per heavy atom. The zero-order valence-corrected chi connectivity index (χ0v) is 5.47. The van der Waals surface area contributed by atoms with E-state index in [-0.39, 0.29) is 6.15 Å².